The van der Waals surface area contributed by atoms with Crippen LogP contribution in [0.5, 0.6) is 5.75 Å². The van der Waals surface area contributed by atoms with Crippen LogP contribution in [0.1, 0.15) is 24.6 Å². The summed E-state index contributed by atoms with van der Waals surface area (Å²) in [5.74, 6) is 1.53. The molecule has 3 nitrogen and oxygen atoms in total. The van der Waals surface area contributed by atoms with Crippen LogP contribution >= 0.6 is 34.2 Å². The molecule has 0 fully saturated rings. The highest BCUT2D eigenvalue weighted by atomic mass is 127. The summed E-state index contributed by atoms with van der Waals surface area (Å²) in [6, 6.07) is 5.91. The molecule has 1 aromatic carbocycles. The second kappa shape index (κ2) is 6.72. The molecule has 2 rings (SSSR count). The molecule has 20 heavy (non-hydrogen) atoms. The zero-order valence-electron chi connectivity index (χ0n) is 11.7. The molecule has 0 radical (unpaired) electrons. The molecule has 1 aromatic heterocycles. The highest BCUT2D eigenvalue weighted by Gasteiger charge is 2.12. The summed E-state index contributed by atoms with van der Waals surface area (Å²) in [5, 5.41) is 0.521. The van der Waals surface area contributed by atoms with E-state index in [9.17, 15) is 0 Å². The van der Waals surface area contributed by atoms with Gasteiger partial charge in [0.25, 0.3) is 0 Å². The van der Waals surface area contributed by atoms with Crippen LogP contribution in [0.4, 0.5) is 0 Å². The maximum Gasteiger partial charge on any atom is 0.161 e. The minimum atomic E-state index is 0.521. The van der Waals surface area contributed by atoms with E-state index in [1.54, 1.807) is 7.11 Å². The average Bonchev–Trinajstić information content (AvgIpc) is 2.43. The molecule has 106 valence electrons. The molecule has 0 saturated heterocycles. The Balaban J connectivity index is 2.49. The molecular weight excluding hydrogens is 387 g/mol. The standard InChI is InChI=1S/C15H16ClIN2O/c1-4-5-11-13(17)14(16)19-15(18-11)10-6-7-12(20-3)9(2)8-10/h6-8H,4-5H2,1-3H3. The van der Waals surface area contributed by atoms with Gasteiger partial charge in [0.1, 0.15) is 10.9 Å². The average molecular weight is 403 g/mol. The third-order valence-corrected chi connectivity index (χ3v) is 4.75. The van der Waals surface area contributed by atoms with Crippen LogP contribution in [-0.2, 0) is 6.42 Å². The molecule has 0 spiro atoms. The van der Waals surface area contributed by atoms with E-state index < -0.39 is 0 Å². The molecule has 0 amide bonds. The number of benzene rings is 1. The molecule has 1 heterocycles. The Morgan fingerprint density at radius 1 is 1.30 bits per heavy atom. The number of rotatable bonds is 4. The first-order valence-corrected chi connectivity index (χ1v) is 7.89. The van der Waals surface area contributed by atoms with Crippen molar-refractivity contribution in [3.05, 3.63) is 38.2 Å². The lowest BCUT2D eigenvalue weighted by atomic mass is 10.1. The van der Waals surface area contributed by atoms with E-state index in [-0.39, 0.29) is 0 Å². The molecule has 0 N–H and O–H groups in total. The van der Waals surface area contributed by atoms with Crippen molar-refractivity contribution in [2.45, 2.75) is 26.7 Å². The number of ether oxygens (including phenoxy) is 1. The summed E-state index contributed by atoms with van der Waals surface area (Å²) < 4.78 is 6.22. The lowest BCUT2D eigenvalue weighted by Gasteiger charge is -2.10. The summed E-state index contributed by atoms with van der Waals surface area (Å²) in [7, 11) is 1.67. The SMILES string of the molecule is CCCc1nc(-c2ccc(OC)c(C)c2)nc(Cl)c1I. The maximum absolute atomic E-state index is 6.22. The topological polar surface area (TPSA) is 35.0 Å². The van der Waals surface area contributed by atoms with Crippen LogP contribution in [0, 0.1) is 10.5 Å². The van der Waals surface area contributed by atoms with Gasteiger partial charge in [-0.15, -0.1) is 0 Å². The monoisotopic (exact) mass is 402 g/mol. The van der Waals surface area contributed by atoms with E-state index in [4.69, 9.17) is 16.3 Å². The number of methoxy groups -OCH3 is 1. The minimum absolute atomic E-state index is 0.521. The fourth-order valence-electron chi connectivity index (χ4n) is 2.01. The van der Waals surface area contributed by atoms with Crippen LogP contribution < -0.4 is 4.74 Å². The zero-order chi connectivity index (χ0) is 14.7. The van der Waals surface area contributed by atoms with E-state index in [0.29, 0.717) is 11.0 Å². The first-order chi connectivity index (χ1) is 9.56. The Morgan fingerprint density at radius 3 is 2.65 bits per heavy atom. The highest BCUT2D eigenvalue weighted by Crippen LogP contribution is 2.27. The molecule has 0 saturated carbocycles. The Labute approximate surface area is 137 Å². The van der Waals surface area contributed by atoms with Crippen molar-refractivity contribution < 1.29 is 4.74 Å². The molecule has 0 atom stereocenters. The first kappa shape index (κ1) is 15.5. The van der Waals surface area contributed by atoms with Gasteiger partial charge in [0, 0.05) is 5.56 Å². The Kier molecular flexibility index (Phi) is 5.21. The van der Waals surface area contributed by atoms with Crippen LogP contribution in [0.25, 0.3) is 11.4 Å². The summed E-state index contributed by atoms with van der Waals surface area (Å²) in [6.45, 7) is 4.13. The van der Waals surface area contributed by atoms with Gasteiger partial charge >= 0.3 is 0 Å². The molecule has 0 aliphatic carbocycles. The summed E-state index contributed by atoms with van der Waals surface area (Å²) in [5.41, 5.74) is 3.02. The third-order valence-electron chi connectivity index (χ3n) is 3.02. The molecule has 0 aliphatic heterocycles. The van der Waals surface area contributed by atoms with Crippen LogP contribution in [0.15, 0.2) is 18.2 Å². The van der Waals surface area contributed by atoms with Crippen LogP contribution in [0.3, 0.4) is 0 Å². The Hall–Kier alpha value is -0.880. The second-order valence-electron chi connectivity index (χ2n) is 4.53. The maximum atomic E-state index is 6.22. The van der Waals surface area contributed by atoms with Crippen molar-refractivity contribution in [1.29, 1.82) is 0 Å². The van der Waals surface area contributed by atoms with Gasteiger partial charge in [-0.3, -0.25) is 0 Å². The van der Waals surface area contributed by atoms with E-state index in [0.717, 1.165) is 39.0 Å². The smallest absolute Gasteiger partial charge is 0.161 e. The molecular formula is C15H16ClIN2O. The van der Waals surface area contributed by atoms with Crippen LogP contribution in [-0.4, -0.2) is 17.1 Å². The molecule has 0 aliphatic rings. The molecule has 0 unspecified atom stereocenters. The van der Waals surface area contributed by atoms with Gasteiger partial charge in [-0.05, 0) is 59.7 Å². The largest absolute Gasteiger partial charge is 0.496 e. The van der Waals surface area contributed by atoms with Gasteiger partial charge in [0.15, 0.2) is 5.82 Å². The van der Waals surface area contributed by atoms with Gasteiger partial charge in [0.05, 0.1) is 16.4 Å². The molecule has 5 heteroatoms. The van der Waals surface area contributed by atoms with Crippen molar-refractivity contribution in [2.75, 3.05) is 7.11 Å². The number of hydrogen-bond acceptors (Lipinski definition) is 3. The van der Waals surface area contributed by atoms with Crippen molar-refractivity contribution in [2.24, 2.45) is 0 Å². The summed E-state index contributed by atoms with van der Waals surface area (Å²) >= 11 is 8.43. The quantitative estimate of drug-likeness (QED) is 0.550. The van der Waals surface area contributed by atoms with Gasteiger partial charge in [-0.2, -0.15) is 0 Å². The number of halogens is 2. The van der Waals surface area contributed by atoms with Gasteiger partial charge < -0.3 is 4.74 Å². The first-order valence-electron chi connectivity index (χ1n) is 6.43. The van der Waals surface area contributed by atoms with Crippen molar-refractivity contribution >= 4 is 34.2 Å². The lowest BCUT2D eigenvalue weighted by Crippen LogP contribution is -2.01. The number of aromatic nitrogens is 2. The second-order valence-corrected chi connectivity index (χ2v) is 5.97. The Morgan fingerprint density at radius 2 is 2.05 bits per heavy atom. The van der Waals surface area contributed by atoms with E-state index in [2.05, 4.69) is 39.5 Å². The van der Waals surface area contributed by atoms with Crippen molar-refractivity contribution in [3.63, 3.8) is 0 Å². The number of hydrogen-bond donors (Lipinski definition) is 0. The predicted molar refractivity (Wildman–Crippen MR) is 90.5 cm³/mol. The van der Waals surface area contributed by atoms with Gasteiger partial charge in [-0.25, -0.2) is 9.97 Å². The normalized spacial score (nSPS) is 10.7. The minimum Gasteiger partial charge on any atom is -0.496 e. The van der Waals surface area contributed by atoms with E-state index in [1.807, 2.05) is 25.1 Å². The van der Waals surface area contributed by atoms with Gasteiger partial charge in [-0.1, -0.05) is 24.9 Å². The number of aryl methyl sites for hydroxylation is 2. The predicted octanol–water partition coefficient (Wildman–Crippen LogP) is 4.67. The summed E-state index contributed by atoms with van der Waals surface area (Å²) in [4.78, 5) is 9.03. The summed E-state index contributed by atoms with van der Waals surface area (Å²) in [6.07, 6.45) is 1.94. The molecule has 0 bridgehead atoms. The van der Waals surface area contributed by atoms with E-state index >= 15 is 0 Å². The van der Waals surface area contributed by atoms with E-state index in [1.165, 1.54) is 0 Å². The Bertz CT molecular complexity index is 632. The van der Waals surface area contributed by atoms with Crippen molar-refractivity contribution in [1.82, 2.24) is 9.97 Å². The zero-order valence-corrected chi connectivity index (χ0v) is 14.6. The van der Waals surface area contributed by atoms with Crippen LogP contribution in [0.2, 0.25) is 5.15 Å². The highest BCUT2D eigenvalue weighted by molar-refractivity contribution is 14.1. The van der Waals surface area contributed by atoms with Gasteiger partial charge in [0.2, 0.25) is 0 Å². The van der Waals surface area contributed by atoms with Crippen molar-refractivity contribution in [3.8, 4) is 17.1 Å². The third kappa shape index (κ3) is 3.23. The fraction of sp³-hybridized carbons (Fsp3) is 0.333. The molecule has 2 aromatic rings. The lowest BCUT2D eigenvalue weighted by molar-refractivity contribution is 0.412. The number of nitrogens with zero attached hydrogens (tertiary/aromatic N) is 2. The fourth-order valence-corrected chi connectivity index (χ4v) is 2.71.